The highest BCUT2D eigenvalue weighted by Gasteiger charge is 2.38. The fourth-order valence-electron chi connectivity index (χ4n) is 6.06. The van der Waals surface area contributed by atoms with E-state index < -0.39 is 29.7 Å². The maximum atomic E-state index is 13.7. The van der Waals surface area contributed by atoms with Crippen LogP contribution in [0, 0.1) is 5.92 Å². The van der Waals surface area contributed by atoms with Gasteiger partial charge in [-0.15, -0.1) is 0 Å². The Morgan fingerprint density at radius 1 is 0.964 bits per heavy atom. The molecule has 2 aliphatic rings. The van der Waals surface area contributed by atoms with E-state index in [1.54, 1.807) is 67.4 Å². The number of nitrogens with one attached hydrogen (secondary N) is 4. The van der Waals surface area contributed by atoms with E-state index in [9.17, 15) is 37.1 Å². The lowest BCUT2D eigenvalue weighted by Crippen LogP contribution is -2.44. The molecule has 4 rings (SSSR count). The van der Waals surface area contributed by atoms with Crippen molar-refractivity contribution in [2.45, 2.75) is 71.6 Å². The summed E-state index contributed by atoms with van der Waals surface area (Å²) < 4.78 is 42.2. The molecule has 15 nitrogen and oxygen atoms in total. The van der Waals surface area contributed by atoms with Gasteiger partial charge >= 0.3 is 18.2 Å². The van der Waals surface area contributed by atoms with Crippen molar-refractivity contribution in [2.24, 2.45) is 16.6 Å². The van der Waals surface area contributed by atoms with Crippen LogP contribution in [0.2, 0.25) is 0 Å². The molecule has 304 valence electrons. The minimum atomic E-state index is -4.97. The van der Waals surface area contributed by atoms with Crippen LogP contribution in [0.3, 0.4) is 0 Å². The number of alkyl carbamates (subject to hydrolysis) is 1. The number of benzene rings is 1. The largest absolute Gasteiger partial charge is 0.471 e. The monoisotopic (exact) mass is 785 g/mol. The van der Waals surface area contributed by atoms with E-state index in [4.69, 9.17) is 10.5 Å². The molecule has 0 spiro atoms. The number of carbonyl (C=O) groups is 5. The number of ether oxygens (including phenoxy) is 1. The second-order valence-electron chi connectivity index (χ2n) is 14.5. The highest BCUT2D eigenvalue weighted by Crippen LogP contribution is 2.29. The average molecular weight is 786 g/mol. The van der Waals surface area contributed by atoms with E-state index in [2.05, 4.69) is 25.9 Å². The van der Waals surface area contributed by atoms with Crippen LogP contribution in [0.5, 0.6) is 0 Å². The van der Waals surface area contributed by atoms with Crippen molar-refractivity contribution < 1.29 is 41.9 Å². The zero-order valence-electron chi connectivity index (χ0n) is 32.1. The van der Waals surface area contributed by atoms with E-state index in [1.807, 2.05) is 11.8 Å². The number of halogens is 3. The molecule has 1 aromatic carbocycles. The molecule has 1 saturated heterocycles. The summed E-state index contributed by atoms with van der Waals surface area (Å²) >= 11 is 0. The van der Waals surface area contributed by atoms with Crippen molar-refractivity contribution in [2.75, 3.05) is 56.0 Å². The van der Waals surface area contributed by atoms with E-state index in [1.165, 1.54) is 6.20 Å². The third-order valence-corrected chi connectivity index (χ3v) is 8.75. The molecule has 3 heterocycles. The highest BCUT2D eigenvalue weighted by molar-refractivity contribution is 6.08. The Morgan fingerprint density at radius 3 is 2.32 bits per heavy atom. The number of aliphatic imine (C=N–C) groups is 1. The van der Waals surface area contributed by atoms with Crippen molar-refractivity contribution in [1.82, 2.24) is 25.8 Å². The molecule has 6 N–H and O–H groups in total. The number of carbonyl (C=O) groups excluding carboxylic acids is 5. The molecule has 2 aromatic rings. The first-order valence-electron chi connectivity index (χ1n) is 18.5. The van der Waals surface area contributed by atoms with Crippen LogP contribution in [0.15, 0.2) is 47.1 Å². The van der Waals surface area contributed by atoms with Gasteiger partial charge in [0, 0.05) is 74.9 Å². The molecule has 0 unspecified atom stereocenters. The second-order valence-corrected chi connectivity index (χ2v) is 14.5. The Labute approximate surface area is 323 Å². The van der Waals surface area contributed by atoms with Gasteiger partial charge in [-0.3, -0.25) is 19.2 Å². The molecule has 5 amide bonds. The quantitative estimate of drug-likeness (QED) is 0.174. The number of amidine groups is 1. The van der Waals surface area contributed by atoms with Crippen LogP contribution in [-0.2, 0) is 19.1 Å². The summed E-state index contributed by atoms with van der Waals surface area (Å²) in [6.07, 6.45) is 0.184. The van der Waals surface area contributed by atoms with Gasteiger partial charge in [0.2, 0.25) is 11.8 Å². The third kappa shape index (κ3) is 13.0. The van der Waals surface area contributed by atoms with Gasteiger partial charge in [-0.05, 0) is 76.8 Å². The molecule has 56 heavy (non-hydrogen) atoms. The van der Waals surface area contributed by atoms with Gasteiger partial charge in [0.15, 0.2) is 0 Å². The maximum Gasteiger partial charge on any atom is 0.471 e. The van der Waals surface area contributed by atoms with Gasteiger partial charge in [-0.25, -0.2) is 14.8 Å². The molecule has 18 heteroatoms. The number of nitrogens with zero attached hydrogens (tertiary/aromatic N) is 4. The summed E-state index contributed by atoms with van der Waals surface area (Å²) in [7, 11) is 0. The number of piperidine rings is 1. The number of anilines is 2. The first-order chi connectivity index (χ1) is 26.4. The van der Waals surface area contributed by atoms with Crippen LogP contribution in [0.4, 0.5) is 35.2 Å². The number of hydrogen-bond donors (Lipinski definition) is 5. The number of rotatable bonds is 14. The van der Waals surface area contributed by atoms with E-state index in [-0.39, 0.29) is 43.1 Å². The molecule has 0 radical (unpaired) electrons. The molecule has 1 aromatic heterocycles. The van der Waals surface area contributed by atoms with Crippen molar-refractivity contribution in [3.8, 4) is 0 Å². The lowest BCUT2D eigenvalue weighted by atomic mass is 9.96. The zero-order chi connectivity index (χ0) is 41.0. The fraction of sp³-hybridized carbons (Fsp3) is 0.500. The smallest absolute Gasteiger partial charge is 0.444 e. The molecule has 0 aliphatic carbocycles. The Bertz CT molecular complexity index is 1800. The van der Waals surface area contributed by atoms with Crippen LogP contribution >= 0.6 is 0 Å². The first kappa shape index (κ1) is 43.1. The lowest BCUT2D eigenvalue weighted by molar-refractivity contribution is -0.173. The normalized spacial score (nSPS) is 14.7. The summed E-state index contributed by atoms with van der Waals surface area (Å²) in [5.41, 5.74) is 7.96. The van der Waals surface area contributed by atoms with Gasteiger partial charge in [0.1, 0.15) is 17.3 Å². The summed E-state index contributed by atoms with van der Waals surface area (Å²) in [5, 5.41) is 9.83. The Hall–Kier alpha value is -5.68. The fourth-order valence-corrected chi connectivity index (χ4v) is 6.06. The standard InChI is InChI=1S/C38H50F3N9O6/c1-5-16-50(17-6-13-45-36(55)56-37(2,3)4)34(53)27-20-25-7-8-26(21-29(25)48-30(42)22-27)33(52)47-28-9-10-31(46-23-28)49-18-11-24(12-19-49)32(51)43-14-15-44-35(54)38(39,40)41/h7-10,20-21,23-24H,5-6,11-19,22H2,1-4H3,(H2,42,48)(H,43,51)(H,44,54)(H,45,55)(H,47,52). The van der Waals surface area contributed by atoms with Crippen LogP contribution < -0.4 is 31.9 Å². The van der Waals surface area contributed by atoms with Crippen LogP contribution in [0.1, 0.15) is 75.7 Å². The molecule has 0 atom stereocenters. The highest BCUT2D eigenvalue weighted by atomic mass is 19.4. The Morgan fingerprint density at radius 2 is 1.68 bits per heavy atom. The maximum absolute atomic E-state index is 13.7. The minimum Gasteiger partial charge on any atom is -0.444 e. The molecule has 1 fully saturated rings. The summed E-state index contributed by atoms with van der Waals surface area (Å²) in [6.45, 7) is 9.21. The van der Waals surface area contributed by atoms with Crippen molar-refractivity contribution in [3.63, 3.8) is 0 Å². The predicted molar refractivity (Wildman–Crippen MR) is 205 cm³/mol. The van der Waals surface area contributed by atoms with Gasteiger partial charge in [0.25, 0.3) is 5.91 Å². The van der Waals surface area contributed by atoms with Gasteiger partial charge in [-0.2, -0.15) is 13.2 Å². The van der Waals surface area contributed by atoms with Crippen LogP contribution in [-0.4, -0.2) is 103 Å². The minimum absolute atomic E-state index is 0.112. The van der Waals surface area contributed by atoms with Gasteiger partial charge in [-0.1, -0.05) is 13.0 Å². The molecule has 2 aliphatic heterocycles. The van der Waals surface area contributed by atoms with Gasteiger partial charge in [0.05, 0.1) is 17.6 Å². The summed E-state index contributed by atoms with van der Waals surface area (Å²) in [4.78, 5) is 74.9. The van der Waals surface area contributed by atoms with E-state index in [0.29, 0.717) is 85.9 Å². The average Bonchev–Trinajstić information content (AvgIpc) is 3.31. The second kappa shape index (κ2) is 19.3. The Balaban J connectivity index is 1.29. The number of hydrogen-bond acceptors (Lipinski definition) is 10. The summed E-state index contributed by atoms with van der Waals surface area (Å²) in [6, 6.07) is 8.42. The number of fused-ring (bicyclic) bond motifs is 1. The number of aromatic nitrogens is 1. The Kier molecular flexibility index (Phi) is 14.8. The predicted octanol–water partition coefficient (Wildman–Crippen LogP) is 4.27. The third-order valence-electron chi connectivity index (χ3n) is 8.75. The van der Waals surface area contributed by atoms with E-state index in [0.717, 1.165) is 6.42 Å². The van der Waals surface area contributed by atoms with E-state index >= 15 is 0 Å². The lowest BCUT2D eigenvalue weighted by Gasteiger charge is -2.32. The number of amides is 5. The molecular weight excluding hydrogens is 735 g/mol. The zero-order valence-corrected chi connectivity index (χ0v) is 32.1. The number of pyridine rings is 1. The first-order valence-corrected chi connectivity index (χ1v) is 18.5. The van der Waals surface area contributed by atoms with Crippen LogP contribution in [0.25, 0.3) is 6.08 Å². The number of nitrogens with two attached hydrogens (primary N) is 1. The van der Waals surface area contributed by atoms with Crippen molar-refractivity contribution in [1.29, 1.82) is 0 Å². The summed E-state index contributed by atoms with van der Waals surface area (Å²) in [5.74, 6) is -2.37. The molecular formula is C38H50F3N9O6. The molecule has 0 saturated carbocycles. The topological polar surface area (TPSA) is 200 Å². The number of alkyl halides is 3. The van der Waals surface area contributed by atoms with Gasteiger partial charge < -0.3 is 41.5 Å². The molecule has 0 bridgehead atoms. The van der Waals surface area contributed by atoms with Crippen molar-refractivity contribution >= 4 is 58.8 Å². The SMILES string of the molecule is CCCN(CCCNC(=O)OC(C)(C)C)C(=O)C1=Cc2ccc(C(=O)Nc3ccc(N4CCC(C(=O)NCCNC(=O)C(F)(F)F)CC4)nc3)cc2N=C(N)C1. The van der Waals surface area contributed by atoms with Crippen molar-refractivity contribution in [3.05, 3.63) is 53.2 Å².